The lowest BCUT2D eigenvalue weighted by Crippen LogP contribution is -2.26. The van der Waals surface area contributed by atoms with Crippen LogP contribution in [0.3, 0.4) is 0 Å². The molecule has 1 rings (SSSR count). The van der Waals surface area contributed by atoms with Gasteiger partial charge in [0.15, 0.2) is 0 Å². The zero-order chi connectivity index (χ0) is 13.7. The predicted molar refractivity (Wildman–Crippen MR) is 73.8 cm³/mol. The molecule has 0 aromatic carbocycles. The molecular formula is C11H17BrN4O2. The van der Waals surface area contributed by atoms with Crippen LogP contribution in [0, 0.1) is 0 Å². The van der Waals surface area contributed by atoms with E-state index in [0.717, 1.165) is 0 Å². The summed E-state index contributed by atoms with van der Waals surface area (Å²) in [5.74, 6) is -0.0536. The average Bonchev–Trinajstić information content (AvgIpc) is 2.33. The lowest BCUT2D eigenvalue weighted by molar-refractivity contribution is -0.120. The van der Waals surface area contributed by atoms with E-state index in [4.69, 9.17) is 0 Å². The third kappa shape index (κ3) is 3.56. The normalized spacial score (nSPS) is 10.5. The fourth-order valence-corrected chi connectivity index (χ4v) is 1.80. The minimum atomic E-state index is -0.185. The van der Waals surface area contributed by atoms with Gasteiger partial charge in [0.2, 0.25) is 5.91 Å². The van der Waals surface area contributed by atoms with Crippen molar-refractivity contribution in [3.63, 3.8) is 0 Å². The number of carbonyl (C=O) groups excluding carboxylic acids is 1. The maximum absolute atomic E-state index is 11.9. The number of amides is 1. The SMILES string of the molecule is CNC(=O)CCNc1cnn(C(C)C)c(=O)c1Br. The van der Waals surface area contributed by atoms with Crippen LogP contribution in [-0.2, 0) is 4.79 Å². The van der Waals surface area contributed by atoms with Crippen LogP contribution in [0.4, 0.5) is 5.69 Å². The molecule has 0 unspecified atom stereocenters. The van der Waals surface area contributed by atoms with Gasteiger partial charge in [0.1, 0.15) is 4.47 Å². The van der Waals surface area contributed by atoms with Gasteiger partial charge in [-0.15, -0.1) is 0 Å². The van der Waals surface area contributed by atoms with E-state index in [1.165, 1.54) is 4.68 Å². The van der Waals surface area contributed by atoms with E-state index < -0.39 is 0 Å². The molecule has 0 saturated heterocycles. The van der Waals surface area contributed by atoms with Crippen molar-refractivity contribution < 1.29 is 4.79 Å². The molecule has 0 fully saturated rings. The first kappa shape index (κ1) is 14.7. The van der Waals surface area contributed by atoms with Gasteiger partial charge in [-0.2, -0.15) is 5.10 Å². The fraction of sp³-hybridized carbons (Fsp3) is 0.545. The highest BCUT2D eigenvalue weighted by Crippen LogP contribution is 2.16. The second kappa shape index (κ2) is 6.53. The van der Waals surface area contributed by atoms with Crippen LogP contribution in [0.25, 0.3) is 0 Å². The Balaban J connectivity index is 2.77. The van der Waals surface area contributed by atoms with E-state index in [1.54, 1.807) is 13.2 Å². The molecule has 0 saturated carbocycles. The molecule has 18 heavy (non-hydrogen) atoms. The highest BCUT2D eigenvalue weighted by atomic mass is 79.9. The smallest absolute Gasteiger partial charge is 0.283 e. The summed E-state index contributed by atoms with van der Waals surface area (Å²) in [6, 6.07) is 0.00807. The number of anilines is 1. The van der Waals surface area contributed by atoms with Crippen LogP contribution in [0.5, 0.6) is 0 Å². The molecule has 0 atom stereocenters. The zero-order valence-electron chi connectivity index (χ0n) is 10.7. The number of hydrogen-bond donors (Lipinski definition) is 2. The third-order valence-corrected chi connectivity index (χ3v) is 3.15. The Bertz CT molecular complexity index is 484. The topological polar surface area (TPSA) is 76.0 Å². The first-order valence-electron chi connectivity index (χ1n) is 5.69. The maximum atomic E-state index is 11.9. The van der Waals surface area contributed by atoms with Crippen molar-refractivity contribution in [3.05, 3.63) is 21.0 Å². The highest BCUT2D eigenvalue weighted by Gasteiger charge is 2.10. The number of nitrogens with one attached hydrogen (secondary N) is 2. The first-order valence-corrected chi connectivity index (χ1v) is 6.48. The van der Waals surface area contributed by atoms with Crippen molar-refractivity contribution in [3.8, 4) is 0 Å². The Morgan fingerprint density at radius 3 is 2.78 bits per heavy atom. The summed E-state index contributed by atoms with van der Waals surface area (Å²) in [4.78, 5) is 23.0. The Morgan fingerprint density at radius 1 is 1.56 bits per heavy atom. The molecule has 0 aliphatic carbocycles. The number of hydrogen-bond acceptors (Lipinski definition) is 4. The number of nitrogens with zero attached hydrogens (tertiary/aromatic N) is 2. The molecule has 0 aliphatic heterocycles. The second-order valence-electron chi connectivity index (χ2n) is 4.07. The molecule has 0 bridgehead atoms. The summed E-state index contributed by atoms with van der Waals surface area (Å²) in [6.07, 6.45) is 1.92. The quantitative estimate of drug-likeness (QED) is 0.854. The van der Waals surface area contributed by atoms with Crippen LogP contribution >= 0.6 is 15.9 Å². The van der Waals surface area contributed by atoms with Gasteiger partial charge in [0, 0.05) is 20.0 Å². The summed E-state index contributed by atoms with van der Waals surface area (Å²) in [5, 5.41) is 9.60. The molecule has 1 aromatic rings. The molecule has 100 valence electrons. The van der Waals surface area contributed by atoms with Crippen LogP contribution in [0.15, 0.2) is 15.5 Å². The zero-order valence-corrected chi connectivity index (χ0v) is 12.2. The van der Waals surface area contributed by atoms with Crippen LogP contribution < -0.4 is 16.2 Å². The highest BCUT2D eigenvalue weighted by molar-refractivity contribution is 9.10. The third-order valence-electron chi connectivity index (χ3n) is 2.38. The second-order valence-corrected chi connectivity index (χ2v) is 4.86. The molecule has 1 amide bonds. The van der Waals surface area contributed by atoms with Crippen molar-refractivity contribution in [2.45, 2.75) is 26.3 Å². The molecule has 6 nitrogen and oxygen atoms in total. The molecule has 0 radical (unpaired) electrons. The Morgan fingerprint density at radius 2 is 2.22 bits per heavy atom. The number of carbonyl (C=O) groups is 1. The monoisotopic (exact) mass is 316 g/mol. The minimum Gasteiger partial charge on any atom is -0.382 e. The lowest BCUT2D eigenvalue weighted by Gasteiger charge is -2.12. The Hall–Kier alpha value is -1.37. The van der Waals surface area contributed by atoms with E-state index in [1.807, 2.05) is 13.8 Å². The van der Waals surface area contributed by atoms with Crippen molar-refractivity contribution in [2.75, 3.05) is 18.9 Å². The van der Waals surface area contributed by atoms with Gasteiger partial charge < -0.3 is 10.6 Å². The number of halogens is 1. The summed E-state index contributed by atoms with van der Waals surface area (Å²) in [6.45, 7) is 4.23. The lowest BCUT2D eigenvalue weighted by atomic mass is 10.3. The predicted octanol–water partition coefficient (Wildman–Crippen LogP) is 1.13. The van der Waals surface area contributed by atoms with Crippen LogP contribution in [0.2, 0.25) is 0 Å². The van der Waals surface area contributed by atoms with Crippen molar-refractivity contribution in [2.24, 2.45) is 0 Å². The molecular weight excluding hydrogens is 300 g/mol. The Labute approximate surface area is 114 Å². The van der Waals surface area contributed by atoms with Gasteiger partial charge in [-0.25, -0.2) is 4.68 Å². The summed E-state index contributed by atoms with van der Waals surface area (Å²) >= 11 is 3.25. The van der Waals surface area contributed by atoms with Crippen molar-refractivity contribution >= 4 is 27.5 Å². The van der Waals surface area contributed by atoms with Crippen molar-refractivity contribution in [1.29, 1.82) is 0 Å². The number of rotatable bonds is 5. The van der Waals surface area contributed by atoms with Crippen molar-refractivity contribution in [1.82, 2.24) is 15.1 Å². The van der Waals surface area contributed by atoms with Gasteiger partial charge in [-0.3, -0.25) is 9.59 Å². The molecule has 1 aromatic heterocycles. The van der Waals surface area contributed by atoms with Gasteiger partial charge in [0.05, 0.1) is 17.9 Å². The molecule has 7 heteroatoms. The summed E-state index contributed by atoms with van der Waals surface area (Å²) < 4.78 is 1.83. The Kier molecular flexibility index (Phi) is 5.33. The van der Waals surface area contributed by atoms with Gasteiger partial charge in [-0.1, -0.05) is 0 Å². The van der Waals surface area contributed by atoms with Gasteiger partial charge >= 0.3 is 0 Å². The standard InChI is InChI=1S/C11H17BrN4O2/c1-7(2)16-11(18)10(12)8(6-15-16)14-5-4-9(17)13-3/h6-7,14H,4-5H2,1-3H3,(H,13,17). The average molecular weight is 317 g/mol. The van der Waals surface area contributed by atoms with E-state index >= 15 is 0 Å². The molecule has 1 heterocycles. The molecule has 0 aliphatic rings. The van der Waals surface area contributed by atoms with E-state index in [0.29, 0.717) is 23.1 Å². The number of aromatic nitrogens is 2. The summed E-state index contributed by atoms with van der Waals surface area (Å²) in [5.41, 5.74) is 0.413. The van der Waals surface area contributed by atoms with Crippen LogP contribution in [-0.4, -0.2) is 29.3 Å². The fourth-order valence-electron chi connectivity index (χ4n) is 1.37. The van der Waals surface area contributed by atoms with E-state index in [9.17, 15) is 9.59 Å². The van der Waals surface area contributed by atoms with Crippen LogP contribution in [0.1, 0.15) is 26.3 Å². The van der Waals surface area contributed by atoms with Gasteiger partial charge in [-0.05, 0) is 29.8 Å². The van der Waals surface area contributed by atoms with E-state index in [2.05, 4.69) is 31.7 Å². The maximum Gasteiger partial charge on any atom is 0.283 e. The first-order chi connectivity index (χ1) is 8.47. The molecule has 2 N–H and O–H groups in total. The van der Waals surface area contributed by atoms with E-state index in [-0.39, 0.29) is 17.5 Å². The summed E-state index contributed by atoms with van der Waals surface area (Å²) in [7, 11) is 1.59. The largest absolute Gasteiger partial charge is 0.382 e. The molecule has 0 spiro atoms. The minimum absolute atomic E-state index is 0.00807. The van der Waals surface area contributed by atoms with Gasteiger partial charge in [0.25, 0.3) is 5.56 Å².